The normalized spacial score (nSPS) is 14.0. The summed E-state index contributed by atoms with van der Waals surface area (Å²) in [4.78, 5) is 22.1. The van der Waals surface area contributed by atoms with Gasteiger partial charge in [0, 0.05) is 49.4 Å². The summed E-state index contributed by atoms with van der Waals surface area (Å²) in [6.07, 6.45) is 2.46. The van der Waals surface area contributed by atoms with Crippen LogP contribution < -0.4 is 9.64 Å². The Kier molecular flexibility index (Phi) is 5.88. The Hall–Kier alpha value is -4.31. The van der Waals surface area contributed by atoms with Crippen LogP contribution in [0.25, 0.3) is 22.1 Å². The smallest absolute Gasteiger partial charge is 0.290 e. The van der Waals surface area contributed by atoms with Crippen molar-refractivity contribution in [1.29, 1.82) is 5.26 Å². The molecule has 0 unspecified atom stereocenters. The molecule has 7 nitrogen and oxygen atoms in total. The van der Waals surface area contributed by atoms with Crippen LogP contribution in [0.5, 0.6) is 5.75 Å². The molecule has 4 aromatic rings. The largest absolute Gasteiger partial charge is 0.497 e. The number of nitrogens with zero attached hydrogens (tertiary/aromatic N) is 4. The van der Waals surface area contributed by atoms with E-state index in [1.165, 1.54) is 0 Å². The summed E-state index contributed by atoms with van der Waals surface area (Å²) in [6, 6.07) is 21.2. The minimum absolute atomic E-state index is 0.141. The highest BCUT2D eigenvalue weighted by Gasteiger charge is 2.28. The number of anilines is 1. The number of carbonyl (C=O) groups excluding carboxylic acids is 1. The minimum Gasteiger partial charge on any atom is -0.497 e. The number of hydrogen-bond donors (Lipinski definition) is 0. The van der Waals surface area contributed by atoms with Crippen LogP contribution in [0.1, 0.15) is 22.5 Å². The maximum absolute atomic E-state index is 13.8. The van der Waals surface area contributed by atoms with E-state index >= 15 is 0 Å². The van der Waals surface area contributed by atoms with E-state index in [1.54, 1.807) is 25.4 Å². The first-order valence-electron chi connectivity index (χ1n) is 11.2. The Morgan fingerprint density at radius 3 is 2.71 bits per heavy atom. The zero-order chi connectivity index (χ0) is 23.5. The van der Waals surface area contributed by atoms with Crippen LogP contribution >= 0.6 is 0 Å². The van der Waals surface area contributed by atoms with E-state index < -0.39 is 0 Å². The molecule has 1 aliphatic heterocycles. The van der Waals surface area contributed by atoms with Crippen LogP contribution in [-0.4, -0.2) is 49.1 Å². The van der Waals surface area contributed by atoms with Crippen LogP contribution in [-0.2, 0) is 0 Å². The predicted molar refractivity (Wildman–Crippen MR) is 130 cm³/mol. The summed E-state index contributed by atoms with van der Waals surface area (Å²) in [5.41, 5.74) is 2.88. The minimum atomic E-state index is -0.141. The van der Waals surface area contributed by atoms with Crippen LogP contribution in [0.3, 0.4) is 0 Å². The molecule has 7 heteroatoms. The van der Waals surface area contributed by atoms with Gasteiger partial charge < -0.3 is 19.0 Å². The van der Waals surface area contributed by atoms with E-state index in [1.807, 2.05) is 53.4 Å². The Balaban J connectivity index is 1.48. The number of hydrogen-bond acceptors (Lipinski definition) is 6. The molecule has 0 saturated carbocycles. The third kappa shape index (κ3) is 3.95. The van der Waals surface area contributed by atoms with Crippen molar-refractivity contribution in [3.63, 3.8) is 0 Å². The number of amides is 1. The maximum atomic E-state index is 13.8. The second kappa shape index (κ2) is 9.28. The molecule has 34 heavy (non-hydrogen) atoms. The highest BCUT2D eigenvalue weighted by molar-refractivity contribution is 6.08. The summed E-state index contributed by atoms with van der Waals surface area (Å²) >= 11 is 0. The molecule has 0 spiro atoms. The molecular weight excluding hydrogens is 428 g/mol. The molecule has 0 radical (unpaired) electrons. The maximum Gasteiger partial charge on any atom is 0.290 e. The van der Waals surface area contributed by atoms with Gasteiger partial charge in [0.05, 0.1) is 12.7 Å². The number of furan rings is 1. The Bertz CT molecular complexity index is 1370. The standard InChI is InChI=1S/C27H24N4O3/c1-33-21-10-11-22-23(17-21)34-25(24(22)19-7-3-2-4-8-19)27(32)31-14-6-13-30(15-16-31)26-20(18-28)9-5-12-29-26/h2-5,7-12,17H,6,13-16H2,1H3. The second-order valence-corrected chi connectivity index (χ2v) is 8.15. The van der Waals surface area contributed by atoms with Crippen molar-refractivity contribution in [3.8, 4) is 22.9 Å². The van der Waals surface area contributed by atoms with Crippen molar-refractivity contribution in [2.45, 2.75) is 6.42 Å². The number of benzene rings is 2. The fraction of sp³-hybridized carbons (Fsp3) is 0.222. The highest BCUT2D eigenvalue weighted by atomic mass is 16.5. The molecule has 0 aliphatic carbocycles. The van der Waals surface area contributed by atoms with Gasteiger partial charge in [0.15, 0.2) is 0 Å². The zero-order valence-corrected chi connectivity index (χ0v) is 18.9. The van der Waals surface area contributed by atoms with E-state index in [0.29, 0.717) is 48.1 Å². The van der Waals surface area contributed by atoms with E-state index in [2.05, 4.69) is 16.0 Å². The van der Waals surface area contributed by atoms with E-state index in [4.69, 9.17) is 9.15 Å². The topological polar surface area (TPSA) is 82.6 Å². The SMILES string of the molecule is COc1ccc2c(-c3ccccc3)c(C(=O)N3CCCN(c4ncccc4C#N)CC3)oc2c1. The van der Waals surface area contributed by atoms with Gasteiger partial charge in [-0.15, -0.1) is 0 Å². The molecule has 0 atom stereocenters. The average molecular weight is 453 g/mol. The third-order valence-corrected chi connectivity index (χ3v) is 6.14. The van der Waals surface area contributed by atoms with Crippen molar-refractivity contribution < 1.29 is 13.9 Å². The molecular formula is C27H24N4O3. The van der Waals surface area contributed by atoms with Gasteiger partial charge in [-0.1, -0.05) is 30.3 Å². The predicted octanol–water partition coefficient (Wildman–Crippen LogP) is 4.73. The molecule has 1 saturated heterocycles. The summed E-state index contributed by atoms with van der Waals surface area (Å²) in [5.74, 6) is 1.53. The lowest BCUT2D eigenvalue weighted by atomic mass is 10.0. The molecule has 2 aromatic carbocycles. The lowest BCUT2D eigenvalue weighted by Crippen LogP contribution is -2.35. The number of nitriles is 1. The summed E-state index contributed by atoms with van der Waals surface area (Å²) in [6.45, 7) is 2.41. The number of fused-ring (bicyclic) bond motifs is 1. The molecule has 1 amide bonds. The Labute approximate surface area is 197 Å². The molecule has 5 rings (SSSR count). The van der Waals surface area contributed by atoms with Crippen molar-refractivity contribution in [1.82, 2.24) is 9.88 Å². The van der Waals surface area contributed by atoms with Crippen LogP contribution in [0, 0.1) is 11.3 Å². The summed E-state index contributed by atoms with van der Waals surface area (Å²) < 4.78 is 11.5. The number of rotatable bonds is 4. The first-order chi connectivity index (χ1) is 16.7. The van der Waals surface area contributed by atoms with Gasteiger partial charge in [-0.05, 0) is 36.2 Å². The van der Waals surface area contributed by atoms with Gasteiger partial charge in [-0.25, -0.2) is 4.98 Å². The number of pyridine rings is 1. The van der Waals surface area contributed by atoms with Crippen molar-refractivity contribution in [3.05, 3.63) is 78.2 Å². The number of methoxy groups -OCH3 is 1. The quantitative estimate of drug-likeness (QED) is 0.445. The first-order valence-corrected chi connectivity index (χ1v) is 11.2. The molecule has 170 valence electrons. The second-order valence-electron chi connectivity index (χ2n) is 8.15. The lowest BCUT2D eigenvalue weighted by Gasteiger charge is -2.23. The van der Waals surface area contributed by atoms with Gasteiger partial charge >= 0.3 is 0 Å². The van der Waals surface area contributed by atoms with E-state index in [9.17, 15) is 10.1 Å². The highest BCUT2D eigenvalue weighted by Crippen LogP contribution is 2.37. The number of carbonyl (C=O) groups is 1. The summed E-state index contributed by atoms with van der Waals surface area (Å²) in [5, 5.41) is 10.3. The van der Waals surface area contributed by atoms with Gasteiger partial charge in [0.2, 0.25) is 5.76 Å². The Morgan fingerprint density at radius 1 is 1.06 bits per heavy atom. The van der Waals surface area contributed by atoms with Gasteiger partial charge in [-0.3, -0.25) is 4.79 Å². The fourth-order valence-electron chi connectivity index (χ4n) is 4.46. The van der Waals surface area contributed by atoms with Crippen LogP contribution in [0.2, 0.25) is 0 Å². The number of aromatic nitrogens is 1. The van der Waals surface area contributed by atoms with Crippen molar-refractivity contribution >= 4 is 22.7 Å². The van der Waals surface area contributed by atoms with Crippen molar-refractivity contribution in [2.75, 3.05) is 38.2 Å². The van der Waals surface area contributed by atoms with Gasteiger partial charge in [0.25, 0.3) is 5.91 Å². The molecule has 3 heterocycles. The fourth-order valence-corrected chi connectivity index (χ4v) is 4.46. The molecule has 0 bridgehead atoms. The van der Waals surface area contributed by atoms with Crippen LogP contribution in [0.15, 0.2) is 71.3 Å². The van der Waals surface area contributed by atoms with Crippen molar-refractivity contribution in [2.24, 2.45) is 0 Å². The van der Waals surface area contributed by atoms with E-state index in [0.717, 1.165) is 29.5 Å². The van der Waals surface area contributed by atoms with Gasteiger partial charge in [0.1, 0.15) is 23.2 Å². The number of ether oxygens (including phenoxy) is 1. The molecule has 2 aromatic heterocycles. The third-order valence-electron chi connectivity index (χ3n) is 6.14. The van der Waals surface area contributed by atoms with Gasteiger partial charge in [-0.2, -0.15) is 5.26 Å². The van der Waals surface area contributed by atoms with Crippen LogP contribution in [0.4, 0.5) is 5.82 Å². The first kappa shape index (κ1) is 21.5. The average Bonchev–Trinajstić information content (AvgIpc) is 3.10. The lowest BCUT2D eigenvalue weighted by molar-refractivity contribution is 0.0738. The van der Waals surface area contributed by atoms with E-state index in [-0.39, 0.29) is 5.91 Å². The zero-order valence-electron chi connectivity index (χ0n) is 18.9. The molecule has 0 N–H and O–H groups in total. The molecule has 1 aliphatic rings. The molecule has 1 fully saturated rings. The Morgan fingerprint density at radius 2 is 1.91 bits per heavy atom. The monoisotopic (exact) mass is 452 g/mol. The summed E-state index contributed by atoms with van der Waals surface area (Å²) in [7, 11) is 1.61.